The minimum atomic E-state index is 0.726. The van der Waals surface area contributed by atoms with Crippen molar-refractivity contribution in [2.75, 3.05) is 19.6 Å². The van der Waals surface area contributed by atoms with E-state index in [1.807, 2.05) is 0 Å². The van der Waals surface area contributed by atoms with E-state index in [-0.39, 0.29) is 0 Å². The zero-order valence-electron chi connectivity index (χ0n) is 11.8. The summed E-state index contributed by atoms with van der Waals surface area (Å²) in [6.45, 7) is 8.49. The summed E-state index contributed by atoms with van der Waals surface area (Å²) in [4.78, 5) is 2.63. The lowest BCUT2D eigenvalue weighted by molar-refractivity contribution is 0.229. The van der Waals surface area contributed by atoms with Crippen molar-refractivity contribution in [2.24, 2.45) is 5.92 Å². The Kier molecular flexibility index (Phi) is 5.30. The van der Waals surface area contributed by atoms with Crippen LogP contribution in [-0.2, 0) is 0 Å². The third-order valence-corrected chi connectivity index (χ3v) is 4.41. The first-order valence-corrected chi connectivity index (χ1v) is 7.73. The van der Waals surface area contributed by atoms with Crippen LogP contribution < -0.4 is 5.32 Å². The lowest BCUT2D eigenvalue weighted by atomic mass is 10.1. The van der Waals surface area contributed by atoms with Gasteiger partial charge in [-0.25, -0.2) is 0 Å². The molecule has 17 heavy (non-hydrogen) atoms. The third kappa shape index (κ3) is 4.97. The van der Waals surface area contributed by atoms with Crippen LogP contribution in [0.2, 0.25) is 0 Å². The number of nitrogens with zero attached hydrogens (tertiary/aromatic N) is 1. The van der Waals surface area contributed by atoms with Crippen LogP contribution in [0, 0.1) is 5.92 Å². The van der Waals surface area contributed by atoms with Crippen molar-refractivity contribution >= 4 is 0 Å². The van der Waals surface area contributed by atoms with Crippen molar-refractivity contribution in [2.45, 2.75) is 70.9 Å². The number of nitrogens with one attached hydrogen (secondary N) is 1. The van der Waals surface area contributed by atoms with Crippen LogP contribution in [0.3, 0.4) is 0 Å². The highest BCUT2D eigenvalue weighted by molar-refractivity contribution is 4.77. The fourth-order valence-electron chi connectivity index (χ4n) is 2.94. The fourth-order valence-corrected chi connectivity index (χ4v) is 2.94. The van der Waals surface area contributed by atoms with Crippen LogP contribution in [0.5, 0.6) is 0 Å². The standard InChI is InChI=1S/C15H30N2/c1-13(2)17-11-4-6-15(9-12-17)16-10-3-5-14-7-8-14/h13-16H,3-12H2,1-2H3. The Bertz CT molecular complexity index is 211. The van der Waals surface area contributed by atoms with Crippen LogP contribution in [0.1, 0.15) is 58.8 Å². The average molecular weight is 238 g/mol. The Labute approximate surface area is 107 Å². The molecule has 1 unspecified atom stereocenters. The van der Waals surface area contributed by atoms with Crippen molar-refractivity contribution in [3.05, 3.63) is 0 Å². The summed E-state index contributed by atoms with van der Waals surface area (Å²) in [5.74, 6) is 1.10. The van der Waals surface area contributed by atoms with Gasteiger partial charge in [-0.15, -0.1) is 0 Å². The summed E-state index contributed by atoms with van der Waals surface area (Å²) in [6.07, 6.45) is 9.99. The molecule has 0 aromatic carbocycles. The molecule has 0 bridgehead atoms. The largest absolute Gasteiger partial charge is 0.314 e. The van der Waals surface area contributed by atoms with Gasteiger partial charge in [-0.2, -0.15) is 0 Å². The second-order valence-corrected chi connectivity index (χ2v) is 6.30. The van der Waals surface area contributed by atoms with Crippen LogP contribution in [0.4, 0.5) is 0 Å². The first kappa shape index (κ1) is 13.4. The van der Waals surface area contributed by atoms with Crippen molar-refractivity contribution in [1.82, 2.24) is 10.2 Å². The Morgan fingerprint density at radius 1 is 1.12 bits per heavy atom. The van der Waals surface area contributed by atoms with Crippen LogP contribution in [0.15, 0.2) is 0 Å². The zero-order valence-corrected chi connectivity index (χ0v) is 11.8. The van der Waals surface area contributed by atoms with E-state index in [0.717, 1.165) is 18.0 Å². The Hall–Kier alpha value is -0.0800. The molecule has 2 rings (SSSR count). The van der Waals surface area contributed by atoms with Gasteiger partial charge in [-0.1, -0.05) is 12.8 Å². The van der Waals surface area contributed by atoms with E-state index in [1.54, 1.807) is 0 Å². The van der Waals surface area contributed by atoms with E-state index in [1.165, 1.54) is 64.6 Å². The molecule has 1 aliphatic heterocycles. The summed E-state index contributed by atoms with van der Waals surface area (Å²) < 4.78 is 0. The molecule has 1 atom stereocenters. The van der Waals surface area contributed by atoms with Crippen LogP contribution in [0.25, 0.3) is 0 Å². The lowest BCUT2D eigenvalue weighted by Gasteiger charge is -2.24. The molecular weight excluding hydrogens is 208 g/mol. The van der Waals surface area contributed by atoms with Gasteiger partial charge in [0.05, 0.1) is 0 Å². The number of rotatable bonds is 6. The van der Waals surface area contributed by atoms with Gasteiger partial charge in [0.1, 0.15) is 0 Å². The predicted octanol–water partition coefficient (Wildman–Crippen LogP) is 3.03. The molecular formula is C15H30N2. The molecule has 2 heteroatoms. The van der Waals surface area contributed by atoms with E-state index >= 15 is 0 Å². The molecule has 0 aromatic heterocycles. The van der Waals surface area contributed by atoms with Crippen molar-refractivity contribution in [3.63, 3.8) is 0 Å². The van der Waals surface area contributed by atoms with E-state index in [2.05, 4.69) is 24.1 Å². The van der Waals surface area contributed by atoms with Crippen LogP contribution >= 0.6 is 0 Å². The molecule has 100 valence electrons. The van der Waals surface area contributed by atoms with Gasteiger partial charge < -0.3 is 10.2 Å². The monoisotopic (exact) mass is 238 g/mol. The van der Waals surface area contributed by atoms with Crippen LogP contribution in [-0.4, -0.2) is 36.6 Å². The van der Waals surface area contributed by atoms with E-state index in [9.17, 15) is 0 Å². The maximum Gasteiger partial charge on any atom is 0.00797 e. The van der Waals surface area contributed by atoms with Gasteiger partial charge in [0.15, 0.2) is 0 Å². The summed E-state index contributed by atoms with van der Waals surface area (Å²) >= 11 is 0. The summed E-state index contributed by atoms with van der Waals surface area (Å²) in [5, 5.41) is 3.78. The van der Waals surface area contributed by atoms with Gasteiger partial charge in [-0.05, 0) is 71.5 Å². The number of hydrogen-bond acceptors (Lipinski definition) is 2. The SMILES string of the molecule is CC(C)N1CCCC(NCCCC2CC2)CC1. The molecule has 2 aliphatic rings. The first-order valence-electron chi connectivity index (χ1n) is 7.73. The van der Waals surface area contributed by atoms with Gasteiger partial charge in [-0.3, -0.25) is 0 Å². The van der Waals surface area contributed by atoms with Gasteiger partial charge >= 0.3 is 0 Å². The minimum absolute atomic E-state index is 0.726. The highest BCUT2D eigenvalue weighted by Gasteiger charge is 2.21. The second-order valence-electron chi connectivity index (χ2n) is 6.30. The van der Waals surface area contributed by atoms with Gasteiger partial charge in [0, 0.05) is 12.1 Å². The number of likely N-dealkylation sites (tertiary alicyclic amines) is 1. The molecule has 0 amide bonds. The molecule has 1 saturated carbocycles. The zero-order chi connectivity index (χ0) is 12.1. The van der Waals surface area contributed by atoms with Gasteiger partial charge in [0.2, 0.25) is 0 Å². The average Bonchev–Trinajstić information content (AvgIpc) is 3.11. The molecule has 2 nitrogen and oxygen atoms in total. The lowest BCUT2D eigenvalue weighted by Crippen LogP contribution is -2.34. The normalized spacial score (nSPS) is 27.4. The van der Waals surface area contributed by atoms with E-state index in [4.69, 9.17) is 0 Å². The molecule has 0 aromatic rings. The Morgan fingerprint density at radius 2 is 1.94 bits per heavy atom. The molecule has 2 fully saturated rings. The maximum atomic E-state index is 3.78. The van der Waals surface area contributed by atoms with Crippen molar-refractivity contribution in [3.8, 4) is 0 Å². The first-order chi connectivity index (χ1) is 8.25. The molecule has 1 N–H and O–H groups in total. The van der Waals surface area contributed by atoms with Gasteiger partial charge in [0.25, 0.3) is 0 Å². The minimum Gasteiger partial charge on any atom is -0.314 e. The van der Waals surface area contributed by atoms with E-state index in [0.29, 0.717) is 0 Å². The highest BCUT2D eigenvalue weighted by atomic mass is 15.1. The summed E-state index contributed by atoms with van der Waals surface area (Å²) in [7, 11) is 0. The van der Waals surface area contributed by atoms with E-state index < -0.39 is 0 Å². The summed E-state index contributed by atoms with van der Waals surface area (Å²) in [6, 6.07) is 1.52. The van der Waals surface area contributed by atoms with Crippen molar-refractivity contribution in [1.29, 1.82) is 0 Å². The Balaban J connectivity index is 1.57. The predicted molar refractivity (Wildman–Crippen MR) is 74.3 cm³/mol. The Morgan fingerprint density at radius 3 is 2.65 bits per heavy atom. The third-order valence-electron chi connectivity index (χ3n) is 4.41. The maximum absolute atomic E-state index is 3.78. The summed E-state index contributed by atoms with van der Waals surface area (Å²) in [5.41, 5.74) is 0. The number of hydrogen-bond donors (Lipinski definition) is 1. The molecule has 0 spiro atoms. The fraction of sp³-hybridized carbons (Fsp3) is 1.00. The highest BCUT2D eigenvalue weighted by Crippen LogP contribution is 2.33. The molecule has 0 radical (unpaired) electrons. The van der Waals surface area contributed by atoms with Crippen molar-refractivity contribution < 1.29 is 0 Å². The smallest absolute Gasteiger partial charge is 0.00797 e. The molecule has 1 aliphatic carbocycles. The topological polar surface area (TPSA) is 15.3 Å². The second kappa shape index (κ2) is 6.75. The quantitative estimate of drug-likeness (QED) is 0.716. The molecule has 1 heterocycles. The molecule has 1 saturated heterocycles.